The summed E-state index contributed by atoms with van der Waals surface area (Å²) in [6, 6.07) is 24.1. The van der Waals surface area contributed by atoms with Crippen LogP contribution in [0, 0.1) is 0 Å². The Labute approximate surface area is 119 Å². The third kappa shape index (κ3) is 1.94. The molecule has 0 saturated heterocycles. The van der Waals surface area contributed by atoms with Crippen LogP contribution < -0.4 is 0 Å². The lowest BCUT2D eigenvalue weighted by Gasteiger charge is -2.20. The molecule has 0 aliphatic heterocycles. The first kappa shape index (κ1) is 11.5. The highest BCUT2D eigenvalue weighted by Crippen LogP contribution is 2.31. The minimum Gasteiger partial charge on any atom is -0.0761 e. The predicted octanol–water partition coefficient (Wildman–Crippen LogP) is 5.19. The van der Waals surface area contributed by atoms with Gasteiger partial charge in [0.05, 0.1) is 0 Å². The van der Waals surface area contributed by atoms with Crippen LogP contribution in [0.15, 0.2) is 72.8 Å². The van der Waals surface area contributed by atoms with Crippen LogP contribution in [-0.4, -0.2) is 0 Å². The van der Waals surface area contributed by atoms with Crippen molar-refractivity contribution >= 4 is 16.8 Å². The molecule has 0 spiro atoms. The van der Waals surface area contributed by atoms with Crippen LogP contribution in [0.4, 0.5) is 0 Å². The normalized spacial score (nSPS) is 17.1. The molecule has 1 unspecified atom stereocenters. The van der Waals surface area contributed by atoms with Gasteiger partial charge in [0.25, 0.3) is 0 Å². The van der Waals surface area contributed by atoms with E-state index in [0.717, 1.165) is 6.42 Å². The van der Waals surface area contributed by atoms with Crippen LogP contribution in [0.5, 0.6) is 0 Å². The van der Waals surface area contributed by atoms with Crippen LogP contribution in [0.25, 0.3) is 16.8 Å². The van der Waals surface area contributed by atoms with Crippen LogP contribution in [0.2, 0.25) is 0 Å². The molecule has 0 nitrogen and oxygen atoms in total. The van der Waals surface area contributed by atoms with E-state index >= 15 is 0 Å². The van der Waals surface area contributed by atoms with Gasteiger partial charge in [0, 0.05) is 5.92 Å². The fourth-order valence-electron chi connectivity index (χ4n) is 3.07. The Bertz CT molecular complexity index is 796. The van der Waals surface area contributed by atoms with Gasteiger partial charge in [-0.1, -0.05) is 78.9 Å². The van der Waals surface area contributed by atoms with E-state index in [1.54, 1.807) is 0 Å². The fraction of sp³-hybridized carbons (Fsp3) is 0.100. The number of allylic oxidation sites excluding steroid dienone is 1. The minimum atomic E-state index is 0.495. The second-order valence-electron chi connectivity index (χ2n) is 5.48. The molecular weight excluding hydrogens is 240 g/mol. The van der Waals surface area contributed by atoms with Crippen molar-refractivity contribution in [2.75, 3.05) is 0 Å². The lowest BCUT2D eigenvalue weighted by molar-refractivity contribution is 0.828. The standard InChI is InChI=1S/C20H16/c1-3-7-17-13-19(11-9-15(17)5-1)20-12-10-16-6-2-4-8-18(16)14-20/h1-13,20H,14H2. The van der Waals surface area contributed by atoms with Crippen molar-refractivity contribution in [3.8, 4) is 0 Å². The Morgan fingerprint density at radius 3 is 2.50 bits per heavy atom. The smallest absolute Gasteiger partial charge is 0.00621 e. The van der Waals surface area contributed by atoms with Crippen molar-refractivity contribution in [3.05, 3.63) is 89.5 Å². The van der Waals surface area contributed by atoms with E-state index in [-0.39, 0.29) is 0 Å². The Balaban J connectivity index is 1.74. The molecule has 3 aromatic carbocycles. The molecule has 0 radical (unpaired) electrons. The average Bonchev–Trinajstić information content (AvgIpc) is 2.54. The Morgan fingerprint density at radius 2 is 1.55 bits per heavy atom. The third-order valence-corrected chi connectivity index (χ3v) is 4.20. The number of hydrogen-bond acceptors (Lipinski definition) is 0. The highest BCUT2D eigenvalue weighted by molar-refractivity contribution is 5.83. The third-order valence-electron chi connectivity index (χ3n) is 4.20. The Hall–Kier alpha value is -2.34. The zero-order valence-corrected chi connectivity index (χ0v) is 11.3. The summed E-state index contributed by atoms with van der Waals surface area (Å²) in [6.07, 6.45) is 5.70. The predicted molar refractivity (Wildman–Crippen MR) is 85.9 cm³/mol. The van der Waals surface area contributed by atoms with E-state index in [0.29, 0.717) is 5.92 Å². The van der Waals surface area contributed by atoms with Crippen molar-refractivity contribution in [2.45, 2.75) is 12.3 Å². The van der Waals surface area contributed by atoms with Crippen LogP contribution >= 0.6 is 0 Å². The summed E-state index contributed by atoms with van der Waals surface area (Å²) >= 11 is 0. The number of hydrogen-bond donors (Lipinski definition) is 0. The zero-order valence-electron chi connectivity index (χ0n) is 11.3. The quantitative estimate of drug-likeness (QED) is 0.562. The fourth-order valence-corrected chi connectivity index (χ4v) is 3.07. The molecule has 0 aromatic heterocycles. The SMILES string of the molecule is C1=CC(c2ccc3ccccc3c2)Cc2ccccc21. The van der Waals surface area contributed by atoms with E-state index in [9.17, 15) is 0 Å². The van der Waals surface area contributed by atoms with E-state index in [4.69, 9.17) is 0 Å². The maximum atomic E-state index is 2.34. The second kappa shape index (κ2) is 4.64. The lowest BCUT2D eigenvalue weighted by Crippen LogP contribution is -2.05. The van der Waals surface area contributed by atoms with Crippen molar-refractivity contribution in [3.63, 3.8) is 0 Å². The summed E-state index contributed by atoms with van der Waals surface area (Å²) in [6.45, 7) is 0. The topological polar surface area (TPSA) is 0 Å². The number of benzene rings is 3. The molecule has 0 heterocycles. The molecule has 0 fully saturated rings. The summed E-state index contributed by atoms with van der Waals surface area (Å²) in [5.74, 6) is 0.495. The molecule has 1 atom stereocenters. The average molecular weight is 256 g/mol. The van der Waals surface area contributed by atoms with E-state index in [1.165, 1.54) is 27.5 Å². The number of fused-ring (bicyclic) bond motifs is 2. The molecule has 96 valence electrons. The van der Waals surface area contributed by atoms with Crippen LogP contribution in [-0.2, 0) is 6.42 Å². The minimum absolute atomic E-state index is 0.495. The van der Waals surface area contributed by atoms with Gasteiger partial charge >= 0.3 is 0 Å². The second-order valence-corrected chi connectivity index (χ2v) is 5.48. The summed E-state index contributed by atoms with van der Waals surface area (Å²) in [7, 11) is 0. The molecule has 0 saturated carbocycles. The van der Waals surface area contributed by atoms with E-state index in [2.05, 4.69) is 78.9 Å². The zero-order chi connectivity index (χ0) is 13.4. The molecule has 0 heteroatoms. The molecule has 0 amide bonds. The summed E-state index contributed by atoms with van der Waals surface area (Å²) < 4.78 is 0. The molecule has 0 N–H and O–H groups in total. The van der Waals surface area contributed by atoms with Gasteiger partial charge in [-0.25, -0.2) is 0 Å². The summed E-state index contributed by atoms with van der Waals surface area (Å²) in [5, 5.41) is 2.65. The van der Waals surface area contributed by atoms with Gasteiger partial charge in [-0.2, -0.15) is 0 Å². The number of rotatable bonds is 1. The first-order chi connectivity index (χ1) is 9.90. The van der Waals surface area contributed by atoms with Crippen LogP contribution in [0.3, 0.4) is 0 Å². The highest BCUT2D eigenvalue weighted by Gasteiger charge is 2.15. The maximum absolute atomic E-state index is 2.34. The van der Waals surface area contributed by atoms with Crippen molar-refractivity contribution in [2.24, 2.45) is 0 Å². The van der Waals surface area contributed by atoms with Gasteiger partial charge < -0.3 is 0 Å². The molecule has 0 bridgehead atoms. The van der Waals surface area contributed by atoms with E-state index in [1.807, 2.05) is 0 Å². The largest absolute Gasteiger partial charge is 0.0761 e. The van der Waals surface area contributed by atoms with Gasteiger partial charge in [-0.05, 0) is 33.9 Å². The molecule has 20 heavy (non-hydrogen) atoms. The Kier molecular flexibility index (Phi) is 2.67. The molecule has 1 aliphatic rings. The van der Waals surface area contributed by atoms with E-state index < -0.39 is 0 Å². The van der Waals surface area contributed by atoms with Gasteiger partial charge in [-0.3, -0.25) is 0 Å². The van der Waals surface area contributed by atoms with Crippen molar-refractivity contribution in [1.82, 2.24) is 0 Å². The molecular formula is C20H16. The first-order valence-electron chi connectivity index (χ1n) is 7.15. The molecule has 1 aliphatic carbocycles. The van der Waals surface area contributed by atoms with Gasteiger partial charge in [0.2, 0.25) is 0 Å². The van der Waals surface area contributed by atoms with Crippen molar-refractivity contribution in [1.29, 1.82) is 0 Å². The lowest BCUT2D eigenvalue weighted by atomic mass is 9.84. The molecule has 4 rings (SSSR count). The van der Waals surface area contributed by atoms with Gasteiger partial charge in [0.15, 0.2) is 0 Å². The maximum Gasteiger partial charge on any atom is 0.00621 e. The van der Waals surface area contributed by atoms with Gasteiger partial charge in [-0.15, -0.1) is 0 Å². The Morgan fingerprint density at radius 1 is 0.750 bits per heavy atom. The van der Waals surface area contributed by atoms with Crippen LogP contribution in [0.1, 0.15) is 22.6 Å². The first-order valence-corrected chi connectivity index (χ1v) is 7.15. The summed E-state index contributed by atoms with van der Waals surface area (Å²) in [5.41, 5.74) is 4.23. The summed E-state index contributed by atoms with van der Waals surface area (Å²) in [4.78, 5) is 0. The van der Waals surface area contributed by atoms with Gasteiger partial charge in [0.1, 0.15) is 0 Å². The molecule has 3 aromatic rings. The highest BCUT2D eigenvalue weighted by atomic mass is 14.2. The van der Waals surface area contributed by atoms with Crippen molar-refractivity contribution < 1.29 is 0 Å². The monoisotopic (exact) mass is 256 g/mol.